The van der Waals surface area contributed by atoms with Gasteiger partial charge in [-0.2, -0.15) is 0 Å². The number of anilines is 1. The smallest absolute Gasteiger partial charge is 0.251 e. The summed E-state index contributed by atoms with van der Waals surface area (Å²) < 4.78 is 45.0. The molecular weight excluding hydrogens is 419 g/mol. The Labute approximate surface area is 183 Å². The predicted octanol–water partition coefficient (Wildman–Crippen LogP) is 3.76. The molecule has 2 aromatic rings. The predicted molar refractivity (Wildman–Crippen MR) is 120 cm³/mol. The van der Waals surface area contributed by atoms with E-state index >= 15 is 0 Å². The highest BCUT2D eigenvalue weighted by Crippen LogP contribution is 2.30. The molecule has 8 heteroatoms. The number of hydrogen-bond donors (Lipinski definition) is 1. The molecule has 0 saturated heterocycles. The molecule has 0 bridgehead atoms. The molecule has 0 aliphatic carbocycles. The van der Waals surface area contributed by atoms with E-state index in [-0.39, 0.29) is 29.7 Å². The lowest BCUT2D eigenvalue weighted by molar-refractivity contribution is 0.0860. The van der Waals surface area contributed by atoms with E-state index in [0.29, 0.717) is 30.6 Å². The van der Waals surface area contributed by atoms with Crippen LogP contribution in [0.3, 0.4) is 0 Å². The van der Waals surface area contributed by atoms with Gasteiger partial charge in [-0.05, 0) is 54.2 Å². The molecule has 1 amide bonds. The van der Waals surface area contributed by atoms with Crippen molar-refractivity contribution in [2.75, 3.05) is 23.7 Å². The molecule has 0 aromatic heterocycles. The Balaban J connectivity index is 1.77. The first kappa shape index (κ1) is 23.1. The number of amides is 1. The van der Waals surface area contributed by atoms with Gasteiger partial charge in [0.05, 0.1) is 18.0 Å². The normalized spacial score (nSPS) is 15.2. The van der Waals surface area contributed by atoms with Crippen molar-refractivity contribution in [2.45, 2.75) is 39.7 Å². The average Bonchev–Trinajstić information content (AvgIpc) is 2.69. The van der Waals surface area contributed by atoms with Crippen LogP contribution in [0.25, 0.3) is 0 Å². The van der Waals surface area contributed by atoms with Crippen LogP contribution in [0.15, 0.2) is 42.5 Å². The molecule has 3 rings (SSSR count). The van der Waals surface area contributed by atoms with Crippen molar-refractivity contribution in [3.8, 4) is 5.75 Å². The van der Waals surface area contributed by atoms with Gasteiger partial charge < -0.3 is 10.1 Å². The van der Waals surface area contributed by atoms with Crippen LogP contribution in [-0.4, -0.2) is 39.8 Å². The quantitative estimate of drug-likeness (QED) is 0.730. The number of ether oxygens (including phenoxy) is 1. The molecule has 1 aliphatic heterocycles. The number of halogens is 1. The number of fused-ring (bicyclic) bond motifs is 1. The summed E-state index contributed by atoms with van der Waals surface area (Å²) in [5.41, 5.74) is 1.58. The molecule has 0 saturated carbocycles. The molecule has 0 fully saturated rings. The standard InChI is InChI=1S/C23H29FN2O4S/c1-23(2,3)21(15-30-20-10-6-5-9-18(20)24)25-22(27)17-11-12-19-16(14-17)8-7-13-26(19)31(4,28)29/h5-6,9-12,14,21H,7-8,13,15H2,1-4H3,(H,25,27). The van der Waals surface area contributed by atoms with Crippen LogP contribution in [0, 0.1) is 11.2 Å². The lowest BCUT2D eigenvalue weighted by Gasteiger charge is -2.32. The maximum absolute atomic E-state index is 13.9. The molecule has 0 spiro atoms. The Kier molecular flexibility index (Phi) is 6.59. The number of carbonyl (C=O) groups is 1. The van der Waals surface area contributed by atoms with E-state index in [4.69, 9.17) is 4.74 Å². The van der Waals surface area contributed by atoms with E-state index < -0.39 is 15.8 Å². The molecule has 31 heavy (non-hydrogen) atoms. The van der Waals surface area contributed by atoms with Gasteiger partial charge in [-0.15, -0.1) is 0 Å². The second-order valence-electron chi connectivity index (χ2n) is 8.92. The second kappa shape index (κ2) is 8.86. The lowest BCUT2D eigenvalue weighted by atomic mass is 9.87. The van der Waals surface area contributed by atoms with Crippen molar-refractivity contribution in [3.05, 3.63) is 59.4 Å². The zero-order chi connectivity index (χ0) is 22.8. The summed E-state index contributed by atoms with van der Waals surface area (Å²) in [7, 11) is -3.36. The fourth-order valence-corrected chi connectivity index (χ4v) is 4.53. The van der Waals surface area contributed by atoms with Crippen LogP contribution in [0.2, 0.25) is 0 Å². The highest BCUT2D eigenvalue weighted by Gasteiger charge is 2.29. The summed E-state index contributed by atoms with van der Waals surface area (Å²) in [6, 6.07) is 10.9. The number of nitrogens with zero attached hydrogens (tertiary/aromatic N) is 1. The zero-order valence-corrected chi connectivity index (χ0v) is 19.1. The molecule has 1 unspecified atom stereocenters. The zero-order valence-electron chi connectivity index (χ0n) is 18.3. The average molecular weight is 449 g/mol. The number of rotatable bonds is 6. The van der Waals surface area contributed by atoms with Gasteiger partial charge in [-0.25, -0.2) is 12.8 Å². The molecule has 2 aromatic carbocycles. The summed E-state index contributed by atoms with van der Waals surface area (Å²) in [6.07, 6.45) is 2.60. The first-order chi connectivity index (χ1) is 14.5. The lowest BCUT2D eigenvalue weighted by Crippen LogP contribution is -2.47. The summed E-state index contributed by atoms with van der Waals surface area (Å²) in [5, 5.41) is 2.99. The molecule has 1 N–H and O–H groups in total. The number of aryl methyl sites for hydroxylation is 1. The topological polar surface area (TPSA) is 75.7 Å². The van der Waals surface area contributed by atoms with Crippen LogP contribution in [0.5, 0.6) is 5.75 Å². The number of hydrogen-bond acceptors (Lipinski definition) is 4. The Morgan fingerprint density at radius 3 is 2.58 bits per heavy atom. The number of nitrogens with one attached hydrogen (secondary N) is 1. The van der Waals surface area contributed by atoms with Crippen LogP contribution >= 0.6 is 0 Å². The fourth-order valence-electron chi connectivity index (χ4n) is 3.53. The van der Waals surface area contributed by atoms with Crippen molar-refractivity contribution >= 4 is 21.6 Å². The molecule has 1 atom stereocenters. The number of carbonyl (C=O) groups excluding carboxylic acids is 1. The number of benzene rings is 2. The van der Waals surface area contributed by atoms with Crippen molar-refractivity contribution in [3.63, 3.8) is 0 Å². The minimum absolute atomic E-state index is 0.114. The minimum atomic E-state index is -3.36. The van der Waals surface area contributed by atoms with Crippen molar-refractivity contribution < 1.29 is 22.3 Å². The van der Waals surface area contributed by atoms with Gasteiger partial charge in [0, 0.05) is 12.1 Å². The third-order valence-corrected chi connectivity index (χ3v) is 6.59. The first-order valence-electron chi connectivity index (χ1n) is 10.3. The monoisotopic (exact) mass is 448 g/mol. The molecule has 6 nitrogen and oxygen atoms in total. The maximum atomic E-state index is 13.9. The number of para-hydroxylation sites is 1. The van der Waals surface area contributed by atoms with Crippen molar-refractivity contribution in [2.24, 2.45) is 5.41 Å². The fraction of sp³-hybridized carbons (Fsp3) is 0.435. The molecule has 1 heterocycles. The molecule has 1 aliphatic rings. The van der Waals surface area contributed by atoms with E-state index in [0.717, 1.165) is 5.56 Å². The Morgan fingerprint density at radius 1 is 1.23 bits per heavy atom. The maximum Gasteiger partial charge on any atom is 0.251 e. The SMILES string of the molecule is CC(C)(C)C(COc1ccccc1F)NC(=O)c1ccc2c(c1)CCCN2S(C)(=O)=O. The van der Waals surface area contributed by atoms with E-state index in [1.807, 2.05) is 20.8 Å². The van der Waals surface area contributed by atoms with Gasteiger partial charge in [-0.1, -0.05) is 32.9 Å². The minimum Gasteiger partial charge on any atom is -0.488 e. The van der Waals surface area contributed by atoms with E-state index in [1.165, 1.54) is 16.6 Å². The van der Waals surface area contributed by atoms with E-state index in [9.17, 15) is 17.6 Å². The third-order valence-electron chi connectivity index (χ3n) is 5.41. The van der Waals surface area contributed by atoms with E-state index in [1.54, 1.807) is 36.4 Å². The van der Waals surface area contributed by atoms with Crippen molar-refractivity contribution in [1.82, 2.24) is 5.32 Å². The van der Waals surface area contributed by atoms with Crippen LogP contribution in [-0.2, 0) is 16.4 Å². The van der Waals surface area contributed by atoms with Crippen LogP contribution in [0.4, 0.5) is 10.1 Å². The number of sulfonamides is 1. The second-order valence-corrected chi connectivity index (χ2v) is 10.8. The van der Waals surface area contributed by atoms with Gasteiger partial charge in [-0.3, -0.25) is 9.10 Å². The van der Waals surface area contributed by atoms with Crippen LogP contribution in [0.1, 0.15) is 43.1 Å². The van der Waals surface area contributed by atoms with Gasteiger partial charge in [0.25, 0.3) is 5.91 Å². The largest absolute Gasteiger partial charge is 0.488 e. The highest BCUT2D eigenvalue weighted by molar-refractivity contribution is 7.92. The molecule has 0 radical (unpaired) electrons. The molecule has 168 valence electrons. The Bertz CT molecular complexity index is 1060. The van der Waals surface area contributed by atoms with Crippen molar-refractivity contribution in [1.29, 1.82) is 0 Å². The van der Waals surface area contributed by atoms with Gasteiger partial charge in [0.15, 0.2) is 11.6 Å². The van der Waals surface area contributed by atoms with Gasteiger partial charge >= 0.3 is 0 Å². The summed E-state index contributed by atoms with van der Waals surface area (Å²) in [5.74, 6) is -0.594. The summed E-state index contributed by atoms with van der Waals surface area (Å²) in [4.78, 5) is 13.0. The Morgan fingerprint density at radius 2 is 1.94 bits per heavy atom. The highest BCUT2D eigenvalue weighted by atomic mass is 32.2. The summed E-state index contributed by atoms with van der Waals surface area (Å²) in [6.45, 7) is 6.47. The summed E-state index contributed by atoms with van der Waals surface area (Å²) >= 11 is 0. The van der Waals surface area contributed by atoms with Gasteiger partial charge in [0.1, 0.15) is 6.61 Å². The van der Waals surface area contributed by atoms with Crippen LogP contribution < -0.4 is 14.4 Å². The van der Waals surface area contributed by atoms with E-state index in [2.05, 4.69) is 5.32 Å². The first-order valence-corrected chi connectivity index (χ1v) is 12.1. The molecular formula is C23H29FN2O4S. The Hall–Kier alpha value is -2.61. The van der Waals surface area contributed by atoms with Gasteiger partial charge in [0.2, 0.25) is 10.0 Å². The third kappa shape index (κ3) is 5.55.